The van der Waals surface area contributed by atoms with E-state index in [-0.39, 0.29) is 28.6 Å². The van der Waals surface area contributed by atoms with E-state index in [1.807, 2.05) is 0 Å². The summed E-state index contributed by atoms with van der Waals surface area (Å²) >= 11 is 11.8. The number of halogens is 2. The van der Waals surface area contributed by atoms with E-state index in [0.717, 1.165) is 0 Å². The Morgan fingerprint density at radius 3 is 2.81 bits per heavy atom. The number of pyridine rings is 2. The average Bonchev–Trinajstić information content (AvgIpc) is 2.64. The van der Waals surface area contributed by atoms with Crippen LogP contribution in [0.1, 0.15) is 21.6 Å². The first-order valence-corrected chi connectivity index (χ1v) is 8.57. The summed E-state index contributed by atoms with van der Waals surface area (Å²) in [5.41, 5.74) is 1.21. The van der Waals surface area contributed by atoms with Crippen LogP contribution in [0.5, 0.6) is 0 Å². The van der Waals surface area contributed by atoms with Crippen molar-refractivity contribution < 1.29 is 4.79 Å². The Balaban J connectivity index is 1.73. The molecule has 0 atom stereocenters. The molecule has 0 spiro atoms. The van der Waals surface area contributed by atoms with Gasteiger partial charge in [0.2, 0.25) is 0 Å². The number of hydrogen-bond acceptors (Lipinski definition) is 4. The maximum atomic E-state index is 12.8. The molecule has 0 saturated heterocycles. The van der Waals surface area contributed by atoms with Gasteiger partial charge in [0.1, 0.15) is 10.7 Å². The molecule has 1 aliphatic heterocycles. The predicted molar refractivity (Wildman–Crippen MR) is 97.0 cm³/mol. The monoisotopic (exact) mass is 390 g/mol. The molecule has 1 aliphatic rings. The Morgan fingerprint density at radius 1 is 1.23 bits per heavy atom. The molecule has 3 aromatic rings. The molecule has 4 heterocycles. The van der Waals surface area contributed by atoms with Crippen LogP contribution < -0.4 is 11.1 Å². The van der Waals surface area contributed by atoms with Crippen molar-refractivity contribution in [2.24, 2.45) is 0 Å². The topological polar surface area (TPSA) is 87.5 Å². The molecule has 0 unspecified atom stereocenters. The van der Waals surface area contributed by atoms with Gasteiger partial charge in [-0.2, -0.15) is 0 Å². The molecule has 0 aliphatic carbocycles. The van der Waals surface area contributed by atoms with Gasteiger partial charge in [0, 0.05) is 25.4 Å². The molecule has 26 heavy (non-hydrogen) atoms. The lowest BCUT2D eigenvalue weighted by molar-refractivity contribution is 0.0732. The first-order chi connectivity index (χ1) is 12.4. The van der Waals surface area contributed by atoms with E-state index in [1.54, 1.807) is 12.1 Å². The fourth-order valence-corrected chi connectivity index (χ4v) is 3.34. The Morgan fingerprint density at radius 2 is 2.04 bits per heavy atom. The van der Waals surface area contributed by atoms with Crippen molar-refractivity contribution in [2.45, 2.75) is 13.0 Å². The number of aromatic amines is 1. The summed E-state index contributed by atoms with van der Waals surface area (Å²) in [6.07, 6.45) is 3.29. The van der Waals surface area contributed by atoms with E-state index >= 15 is 0 Å². The highest BCUT2D eigenvalue weighted by molar-refractivity contribution is 6.30. The Bertz CT molecular complexity index is 1170. The second kappa shape index (κ2) is 6.26. The van der Waals surface area contributed by atoms with Gasteiger partial charge in [0.05, 0.1) is 28.4 Å². The van der Waals surface area contributed by atoms with E-state index in [1.165, 1.54) is 27.8 Å². The normalized spacial score (nSPS) is 13.7. The van der Waals surface area contributed by atoms with Crippen molar-refractivity contribution >= 4 is 34.8 Å². The third-order valence-electron chi connectivity index (χ3n) is 4.33. The van der Waals surface area contributed by atoms with Gasteiger partial charge in [-0.25, -0.2) is 4.98 Å². The fourth-order valence-electron chi connectivity index (χ4n) is 3.01. The highest BCUT2D eigenvalue weighted by atomic mass is 35.5. The summed E-state index contributed by atoms with van der Waals surface area (Å²) in [4.78, 5) is 45.3. The first kappa shape index (κ1) is 16.8. The van der Waals surface area contributed by atoms with Crippen molar-refractivity contribution in [3.63, 3.8) is 0 Å². The summed E-state index contributed by atoms with van der Waals surface area (Å²) in [6.45, 7) is 0.547. The van der Waals surface area contributed by atoms with Crippen molar-refractivity contribution in [1.82, 2.24) is 19.3 Å². The van der Waals surface area contributed by atoms with Crippen molar-refractivity contribution in [1.29, 1.82) is 0 Å². The molecule has 1 N–H and O–H groups in total. The largest absolute Gasteiger partial charge is 0.334 e. The molecule has 132 valence electrons. The molecule has 0 bridgehead atoms. The van der Waals surface area contributed by atoms with Crippen LogP contribution in [0.25, 0.3) is 5.65 Å². The third-order valence-corrected chi connectivity index (χ3v) is 4.83. The standard InChI is InChI=1S/C17H12Cl2N4O3/c18-10-1-2-14-21-13-3-4-22(8-11(13)17(26)23(14)7-10)16(25)9-5-12(19)15(24)20-6-9/h1-2,5-7H,3-4,8H2,(H,20,24). The molecule has 0 radical (unpaired) electrons. The molecule has 7 nitrogen and oxygen atoms in total. The smallest absolute Gasteiger partial charge is 0.266 e. The Hall–Kier alpha value is -2.64. The van der Waals surface area contributed by atoms with Crippen LogP contribution in [0.2, 0.25) is 10.0 Å². The second-order valence-electron chi connectivity index (χ2n) is 5.96. The van der Waals surface area contributed by atoms with Gasteiger partial charge in [0.25, 0.3) is 17.0 Å². The quantitative estimate of drug-likeness (QED) is 0.686. The summed E-state index contributed by atoms with van der Waals surface area (Å²) in [5.74, 6) is -0.315. The molecule has 0 fully saturated rings. The lowest BCUT2D eigenvalue weighted by Crippen LogP contribution is -2.40. The zero-order valence-electron chi connectivity index (χ0n) is 13.3. The molecule has 0 aromatic carbocycles. The number of nitrogens with one attached hydrogen (secondary N) is 1. The van der Waals surface area contributed by atoms with Gasteiger partial charge in [-0.3, -0.25) is 18.8 Å². The highest BCUT2D eigenvalue weighted by Crippen LogP contribution is 2.18. The van der Waals surface area contributed by atoms with E-state index in [9.17, 15) is 14.4 Å². The summed E-state index contributed by atoms with van der Waals surface area (Å²) in [7, 11) is 0. The van der Waals surface area contributed by atoms with Crippen LogP contribution in [0.4, 0.5) is 0 Å². The van der Waals surface area contributed by atoms with E-state index in [0.29, 0.717) is 34.9 Å². The van der Waals surface area contributed by atoms with Crippen LogP contribution >= 0.6 is 23.2 Å². The van der Waals surface area contributed by atoms with Crippen molar-refractivity contribution in [3.05, 3.63) is 78.2 Å². The van der Waals surface area contributed by atoms with Gasteiger partial charge < -0.3 is 9.88 Å². The number of fused-ring (bicyclic) bond motifs is 2. The van der Waals surface area contributed by atoms with Crippen LogP contribution in [0, 0.1) is 0 Å². The number of H-pyrrole nitrogens is 1. The minimum atomic E-state index is -0.460. The number of nitrogens with zero attached hydrogens (tertiary/aromatic N) is 3. The number of aromatic nitrogens is 3. The minimum absolute atomic E-state index is 0.0596. The van der Waals surface area contributed by atoms with Gasteiger partial charge in [0.15, 0.2) is 0 Å². The highest BCUT2D eigenvalue weighted by Gasteiger charge is 2.26. The number of carbonyl (C=O) groups is 1. The number of rotatable bonds is 1. The van der Waals surface area contributed by atoms with Gasteiger partial charge in [-0.1, -0.05) is 23.2 Å². The molecule has 1 amide bonds. The minimum Gasteiger partial charge on any atom is -0.334 e. The summed E-state index contributed by atoms with van der Waals surface area (Å²) in [6, 6.07) is 4.68. The van der Waals surface area contributed by atoms with Gasteiger partial charge >= 0.3 is 0 Å². The predicted octanol–water partition coefficient (Wildman–Crippen LogP) is 1.89. The lowest BCUT2D eigenvalue weighted by Gasteiger charge is -2.28. The summed E-state index contributed by atoms with van der Waals surface area (Å²) in [5, 5.41) is 0.364. The third kappa shape index (κ3) is 2.79. The average molecular weight is 391 g/mol. The van der Waals surface area contributed by atoms with Gasteiger partial charge in [-0.05, 0) is 18.2 Å². The molecule has 3 aromatic heterocycles. The van der Waals surface area contributed by atoms with E-state index < -0.39 is 5.56 Å². The fraction of sp³-hybridized carbons (Fsp3) is 0.176. The molecule has 4 rings (SSSR count). The van der Waals surface area contributed by atoms with Crippen LogP contribution in [0.15, 0.2) is 40.2 Å². The number of carbonyl (C=O) groups excluding carboxylic acids is 1. The zero-order chi connectivity index (χ0) is 18.4. The summed E-state index contributed by atoms with van der Waals surface area (Å²) < 4.78 is 1.38. The Kier molecular flexibility index (Phi) is 4.05. The van der Waals surface area contributed by atoms with Gasteiger partial charge in [-0.15, -0.1) is 0 Å². The molecule has 9 heteroatoms. The molecular weight excluding hydrogens is 379 g/mol. The van der Waals surface area contributed by atoms with Crippen molar-refractivity contribution in [3.8, 4) is 0 Å². The van der Waals surface area contributed by atoms with E-state index in [2.05, 4.69) is 9.97 Å². The second-order valence-corrected chi connectivity index (χ2v) is 6.80. The zero-order valence-corrected chi connectivity index (χ0v) is 14.8. The Labute approximate surface area is 156 Å². The lowest BCUT2D eigenvalue weighted by atomic mass is 10.1. The van der Waals surface area contributed by atoms with Crippen molar-refractivity contribution in [2.75, 3.05) is 6.54 Å². The maximum Gasteiger partial charge on any atom is 0.266 e. The molecule has 0 saturated carbocycles. The molecular formula is C17H12Cl2N4O3. The number of amides is 1. The van der Waals surface area contributed by atoms with Crippen LogP contribution in [-0.2, 0) is 13.0 Å². The maximum absolute atomic E-state index is 12.8. The van der Waals surface area contributed by atoms with Crippen LogP contribution in [0.3, 0.4) is 0 Å². The first-order valence-electron chi connectivity index (χ1n) is 7.81. The van der Waals surface area contributed by atoms with Crippen LogP contribution in [-0.4, -0.2) is 31.7 Å². The van der Waals surface area contributed by atoms with E-state index in [4.69, 9.17) is 23.2 Å². The SMILES string of the molecule is O=C(c1c[nH]c(=O)c(Cl)c1)N1CCc2nc3ccc(Cl)cn3c(=O)c2C1. The number of hydrogen-bond donors (Lipinski definition) is 1.